The van der Waals surface area contributed by atoms with Crippen molar-refractivity contribution in [1.29, 1.82) is 0 Å². The van der Waals surface area contributed by atoms with Gasteiger partial charge in [-0.15, -0.1) is 0 Å². The van der Waals surface area contributed by atoms with Crippen molar-refractivity contribution in [2.45, 2.75) is 32.2 Å². The highest BCUT2D eigenvalue weighted by atomic mass is 35.5. The number of ether oxygens (including phenoxy) is 3. The van der Waals surface area contributed by atoms with Gasteiger partial charge in [0.15, 0.2) is 11.5 Å². The molecule has 0 aliphatic carbocycles. The van der Waals surface area contributed by atoms with Gasteiger partial charge in [-0.3, -0.25) is 9.69 Å². The van der Waals surface area contributed by atoms with Gasteiger partial charge in [0.25, 0.3) is 0 Å². The Morgan fingerprint density at radius 1 is 1.18 bits per heavy atom. The lowest BCUT2D eigenvalue weighted by Gasteiger charge is -2.33. The van der Waals surface area contributed by atoms with Gasteiger partial charge in [0, 0.05) is 43.7 Å². The summed E-state index contributed by atoms with van der Waals surface area (Å²) in [6, 6.07) is 3.78. The van der Waals surface area contributed by atoms with E-state index in [0.717, 1.165) is 51.1 Å². The molecule has 0 N–H and O–H groups in total. The number of hydrogen-bond acceptors (Lipinski definition) is 5. The summed E-state index contributed by atoms with van der Waals surface area (Å²) >= 11 is 6.46. The van der Waals surface area contributed by atoms with Gasteiger partial charge in [0.2, 0.25) is 5.91 Å². The Labute approximate surface area is 172 Å². The summed E-state index contributed by atoms with van der Waals surface area (Å²) in [5, 5.41) is 0.697. The highest BCUT2D eigenvalue weighted by Gasteiger charge is 2.24. The summed E-state index contributed by atoms with van der Waals surface area (Å²) in [5.74, 6) is 2.17. The van der Waals surface area contributed by atoms with E-state index >= 15 is 0 Å². The van der Waals surface area contributed by atoms with Crippen LogP contribution in [0.2, 0.25) is 5.02 Å². The van der Waals surface area contributed by atoms with Gasteiger partial charge < -0.3 is 19.1 Å². The van der Waals surface area contributed by atoms with Crippen LogP contribution in [-0.4, -0.2) is 69.3 Å². The molecule has 1 unspecified atom stereocenters. The second-order valence-corrected chi connectivity index (χ2v) is 7.98. The first-order valence-electron chi connectivity index (χ1n) is 10.1. The van der Waals surface area contributed by atoms with Crippen LogP contribution in [0.5, 0.6) is 11.5 Å². The molecular formula is C21H31ClN2O4. The Balaban J connectivity index is 1.53. The highest BCUT2D eigenvalue weighted by Crippen LogP contribution is 2.34. The van der Waals surface area contributed by atoms with Gasteiger partial charge in [-0.2, -0.15) is 0 Å². The number of piperidine rings is 1. The molecule has 0 aromatic heterocycles. The summed E-state index contributed by atoms with van der Waals surface area (Å²) in [5.41, 5.74) is 1.05. The van der Waals surface area contributed by atoms with E-state index < -0.39 is 0 Å². The zero-order valence-electron chi connectivity index (χ0n) is 16.9. The van der Waals surface area contributed by atoms with Crippen molar-refractivity contribution in [2.24, 2.45) is 5.92 Å². The predicted octanol–water partition coefficient (Wildman–Crippen LogP) is 3.21. The second-order valence-electron chi connectivity index (χ2n) is 7.57. The normalized spacial score (nSPS) is 20.8. The van der Waals surface area contributed by atoms with Crippen LogP contribution in [0, 0.1) is 5.92 Å². The van der Waals surface area contributed by atoms with Crippen molar-refractivity contribution >= 4 is 17.5 Å². The molecule has 28 heavy (non-hydrogen) atoms. The van der Waals surface area contributed by atoms with E-state index in [4.69, 9.17) is 25.8 Å². The van der Waals surface area contributed by atoms with Crippen LogP contribution in [0.25, 0.3) is 0 Å². The molecule has 2 aliphatic rings. The fourth-order valence-corrected chi connectivity index (χ4v) is 4.30. The number of methoxy groups -OCH3 is 2. The number of benzene rings is 1. The molecule has 2 fully saturated rings. The summed E-state index contributed by atoms with van der Waals surface area (Å²) in [4.78, 5) is 16.8. The quantitative estimate of drug-likeness (QED) is 0.690. The SMILES string of the molecule is COc1cc(Cl)c(CN2CCCC(CCC(=O)N3CCOCC3)C2)cc1OC. The topological polar surface area (TPSA) is 51.2 Å². The molecule has 6 nitrogen and oxygen atoms in total. The van der Waals surface area contributed by atoms with Gasteiger partial charge in [-0.25, -0.2) is 0 Å². The molecule has 1 atom stereocenters. The third kappa shape index (κ3) is 5.52. The number of morpholine rings is 1. The third-order valence-electron chi connectivity index (χ3n) is 5.68. The molecule has 0 bridgehead atoms. The van der Waals surface area contributed by atoms with E-state index in [2.05, 4.69) is 4.90 Å². The van der Waals surface area contributed by atoms with E-state index in [-0.39, 0.29) is 5.91 Å². The molecule has 0 spiro atoms. The molecule has 2 heterocycles. The molecule has 0 radical (unpaired) electrons. The van der Waals surface area contributed by atoms with E-state index in [9.17, 15) is 4.79 Å². The number of carbonyl (C=O) groups excluding carboxylic acids is 1. The van der Waals surface area contributed by atoms with Crippen LogP contribution < -0.4 is 9.47 Å². The largest absolute Gasteiger partial charge is 0.493 e. The molecule has 0 saturated carbocycles. The number of nitrogens with zero attached hydrogens (tertiary/aromatic N) is 2. The smallest absolute Gasteiger partial charge is 0.222 e. The Bertz CT molecular complexity index is 664. The molecule has 7 heteroatoms. The Morgan fingerprint density at radius 3 is 2.61 bits per heavy atom. The molecule has 156 valence electrons. The summed E-state index contributed by atoms with van der Waals surface area (Å²) in [6.07, 6.45) is 3.93. The first kappa shape index (κ1) is 21.2. The Hall–Kier alpha value is -1.50. The maximum Gasteiger partial charge on any atom is 0.222 e. The minimum Gasteiger partial charge on any atom is -0.493 e. The maximum absolute atomic E-state index is 12.4. The lowest BCUT2D eigenvalue weighted by Crippen LogP contribution is -2.41. The molecule has 3 rings (SSSR count). The van der Waals surface area contributed by atoms with Crippen molar-refractivity contribution in [3.05, 3.63) is 22.7 Å². The molecule has 1 aromatic carbocycles. The van der Waals surface area contributed by atoms with Crippen LogP contribution in [0.1, 0.15) is 31.2 Å². The summed E-state index contributed by atoms with van der Waals surface area (Å²) < 4.78 is 16.1. The minimum atomic E-state index is 0.267. The van der Waals surface area contributed by atoms with E-state index in [1.54, 1.807) is 14.2 Å². The second kappa shape index (κ2) is 10.3. The fourth-order valence-electron chi connectivity index (χ4n) is 4.09. The van der Waals surface area contributed by atoms with Crippen LogP contribution in [0.15, 0.2) is 12.1 Å². The first-order valence-corrected chi connectivity index (χ1v) is 10.5. The lowest BCUT2D eigenvalue weighted by atomic mass is 9.92. The molecule has 2 saturated heterocycles. The lowest BCUT2D eigenvalue weighted by molar-refractivity contribution is -0.135. The van der Waals surface area contributed by atoms with Crippen molar-refractivity contribution in [3.63, 3.8) is 0 Å². The average Bonchev–Trinajstić information content (AvgIpc) is 2.74. The number of likely N-dealkylation sites (tertiary alicyclic amines) is 1. The third-order valence-corrected chi connectivity index (χ3v) is 6.03. The standard InChI is InChI=1S/C21H31ClN2O4/c1-26-19-12-17(18(22)13-20(19)27-2)15-23-7-3-4-16(14-23)5-6-21(25)24-8-10-28-11-9-24/h12-13,16H,3-11,14-15H2,1-2H3. The number of rotatable bonds is 7. The van der Waals surface area contributed by atoms with Crippen LogP contribution >= 0.6 is 11.6 Å². The monoisotopic (exact) mass is 410 g/mol. The van der Waals surface area contributed by atoms with Gasteiger partial charge in [0.05, 0.1) is 27.4 Å². The van der Waals surface area contributed by atoms with Crippen LogP contribution in [0.4, 0.5) is 0 Å². The predicted molar refractivity (Wildman–Crippen MR) is 109 cm³/mol. The highest BCUT2D eigenvalue weighted by molar-refractivity contribution is 6.31. The van der Waals surface area contributed by atoms with E-state index in [1.165, 1.54) is 6.42 Å². The van der Waals surface area contributed by atoms with E-state index in [1.807, 2.05) is 17.0 Å². The number of amides is 1. The summed E-state index contributed by atoms with van der Waals surface area (Å²) in [6.45, 7) is 5.62. The van der Waals surface area contributed by atoms with Gasteiger partial charge in [-0.1, -0.05) is 11.6 Å². The first-order chi connectivity index (χ1) is 13.6. The Morgan fingerprint density at radius 2 is 1.89 bits per heavy atom. The molecule has 1 aromatic rings. The fraction of sp³-hybridized carbons (Fsp3) is 0.667. The van der Waals surface area contributed by atoms with Crippen molar-refractivity contribution < 1.29 is 19.0 Å². The number of carbonyl (C=O) groups is 1. The van der Waals surface area contributed by atoms with Gasteiger partial charge >= 0.3 is 0 Å². The minimum absolute atomic E-state index is 0.267. The Kier molecular flexibility index (Phi) is 7.82. The van der Waals surface area contributed by atoms with Gasteiger partial charge in [-0.05, 0) is 43.4 Å². The molecular weight excluding hydrogens is 380 g/mol. The molecule has 1 amide bonds. The average molecular weight is 411 g/mol. The van der Waals surface area contributed by atoms with Gasteiger partial charge in [0.1, 0.15) is 0 Å². The van der Waals surface area contributed by atoms with E-state index in [0.29, 0.717) is 42.1 Å². The summed E-state index contributed by atoms with van der Waals surface area (Å²) in [7, 11) is 3.25. The number of halogens is 1. The zero-order chi connectivity index (χ0) is 19.9. The van der Waals surface area contributed by atoms with Crippen molar-refractivity contribution in [2.75, 3.05) is 53.6 Å². The molecule has 2 aliphatic heterocycles. The zero-order valence-corrected chi connectivity index (χ0v) is 17.7. The van der Waals surface area contributed by atoms with Crippen molar-refractivity contribution in [1.82, 2.24) is 9.80 Å². The van der Waals surface area contributed by atoms with Crippen LogP contribution in [0.3, 0.4) is 0 Å². The van der Waals surface area contributed by atoms with Crippen LogP contribution in [-0.2, 0) is 16.1 Å². The number of hydrogen-bond donors (Lipinski definition) is 0. The van der Waals surface area contributed by atoms with Crippen molar-refractivity contribution in [3.8, 4) is 11.5 Å². The maximum atomic E-state index is 12.4.